The van der Waals surface area contributed by atoms with Gasteiger partial charge in [-0.05, 0) is 38.3 Å². The van der Waals surface area contributed by atoms with Gasteiger partial charge in [-0.1, -0.05) is 12.1 Å². The summed E-state index contributed by atoms with van der Waals surface area (Å²) in [4.78, 5) is 23.6. The number of hydrogen-bond donors (Lipinski definition) is 1. The number of carbonyl (C=O) groups is 2. The Morgan fingerprint density at radius 2 is 2.21 bits per heavy atom. The molecule has 0 radical (unpaired) electrons. The molecule has 1 amide bonds. The van der Waals surface area contributed by atoms with Crippen molar-refractivity contribution in [1.29, 1.82) is 0 Å². The van der Waals surface area contributed by atoms with Crippen molar-refractivity contribution >= 4 is 17.4 Å². The minimum Gasteiger partial charge on any atom is -0.378 e. The first-order valence-corrected chi connectivity index (χ1v) is 6.60. The minimum absolute atomic E-state index is 0.0191. The second-order valence-corrected chi connectivity index (χ2v) is 4.94. The maximum Gasteiger partial charge on any atom is 0.227 e. The summed E-state index contributed by atoms with van der Waals surface area (Å²) in [5.41, 5.74) is 2.06. The van der Waals surface area contributed by atoms with E-state index in [9.17, 15) is 9.59 Å². The number of Topliss-reactive ketones (excluding diaryl/α,β-unsaturated/α-hetero) is 1. The molecule has 0 bridgehead atoms. The zero-order chi connectivity index (χ0) is 13.8. The third-order valence-electron chi connectivity index (χ3n) is 3.34. The minimum atomic E-state index is -0.0972. The predicted molar refractivity (Wildman–Crippen MR) is 73.4 cm³/mol. The van der Waals surface area contributed by atoms with Crippen LogP contribution in [0.5, 0.6) is 0 Å². The van der Waals surface area contributed by atoms with E-state index in [-0.39, 0.29) is 17.8 Å². The van der Waals surface area contributed by atoms with Gasteiger partial charge in [0, 0.05) is 12.2 Å². The molecule has 1 aromatic rings. The van der Waals surface area contributed by atoms with Crippen LogP contribution in [0.15, 0.2) is 18.2 Å². The largest absolute Gasteiger partial charge is 0.378 e. The van der Waals surface area contributed by atoms with Gasteiger partial charge < -0.3 is 10.1 Å². The maximum atomic E-state index is 12.0. The highest BCUT2D eigenvalue weighted by Gasteiger charge is 2.20. The molecule has 1 aromatic carbocycles. The van der Waals surface area contributed by atoms with Gasteiger partial charge in [-0.15, -0.1) is 0 Å². The first kappa shape index (κ1) is 13.7. The monoisotopic (exact) mass is 261 g/mol. The van der Waals surface area contributed by atoms with Gasteiger partial charge in [0.05, 0.1) is 18.2 Å². The lowest BCUT2D eigenvalue weighted by atomic mass is 10.0. The molecule has 2 rings (SSSR count). The van der Waals surface area contributed by atoms with Gasteiger partial charge in [0.2, 0.25) is 5.91 Å². The summed E-state index contributed by atoms with van der Waals surface area (Å²) >= 11 is 0. The maximum absolute atomic E-state index is 12.0. The van der Waals surface area contributed by atoms with E-state index in [1.165, 1.54) is 6.92 Å². The highest BCUT2D eigenvalue weighted by Crippen LogP contribution is 2.21. The Balaban J connectivity index is 2.07. The quantitative estimate of drug-likeness (QED) is 0.848. The zero-order valence-corrected chi connectivity index (χ0v) is 11.4. The van der Waals surface area contributed by atoms with Crippen molar-refractivity contribution in [1.82, 2.24) is 0 Å². The van der Waals surface area contributed by atoms with E-state index >= 15 is 0 Å². The SMILES string of the molecule is CC(=O)c1c(C)cccc1NC(=O)C[C@@H]1CCCO1. The molecule has 0 aromatic heterocycles. The zero-order valence-electron chi connectivity index (χ0n) is 11.4. The standard InChI is InChI=1S/C15H19NO3/c1-10-5-3-7-13(15(10)11(2)17)16-14(18)9-12-6-4-8-19-12/h3,5,7,12H,4,6,8-9H2,1-2H3,(H,16,18)/t12-/m0/s1. The number of rotatable bonds is 4. The Kier molecular flexibility index (Phi) is 4.32. The Morgan fingerprint density at radius 3 is 2.84 bits per heavy atom. The van der Waals surface area contributed by atoms with Crippen LogP contribution in [0, 0.1) is 6.92 Å². The van der Waals surface area contributed by atoms with Crippen molar-refractivity contribution in [2.75, 3.05) is 11.9 Å². The second-order valence-electron chi connectivity index (χ2n) is 4.94. The number of ketones is 1. The van der Waals surface area contributed by atoms with Gasteiger partial charge in [0.25, 0.3) is 0 Å². The van der Waals surface area contributed by atoms with E-state index in [0.29, 0.717) is 17.7 Å². The highest BCUT2D eigenvalue weighted by molar-refractivity contribution is 6.04. The number of carbonyl (C=O) groups excluding carboxylic acids is 2. The van der Waals surface area contributed by atoms with Crippen LogP contribution in [0.2, 0.25) is 0 Å². The molecule has 1 saturated heterocycles. The van der Waals surface area contributed by atoms with Crippen LogP contribution in [0.4, 0.5) is 5.69 Å². The first-order chi connectivity index (χ1) is 9.08. The number of aryl methyl sites for hydroxylation is 1. The molecule has 1 fully saturated rings. The van der Waals surface area contributed by atoms with Crippen LogP contribution >= 0.6 is 0 Å². The number of hydrogen-bond acceptors (Lipinski definition) is 3. The number of ether oxygens (including phenoxy) is 1. The fourth-order valence-electron chi connectivity index (χ4n) is 2.45. The Labute approximate surface area is 113 Å². The van der Waals surface area contributed by atoms with E-state index in [0.717, 1.165) is 25.0 Å². The van der Waals surface area contributed by atoms with Crippen LogP contribution in [0.1, 0.15) is 42.1 Å². The average Bonchev–Trinajstić information content (AvgIpc) is 2.81. The molecule has 1 aliphatic rings. The van der Waals surface area contributed by atoms with E-state index in [4.69, 9.17) is 4.74 Å². The summed E-state index contributed by atoms with van der Waals surface area (Å²) in [5.74, 6) is -0.134. The number of anilines is 1. The van der Waals surface area contributed by atoms with E-state index < -0.39 is 0 Å². The number of amides is 1. The van der Waals surface area contributed by atoms with Crippen molar-refractivity contribution in [3.8, 4) is 0 Å². The third-order valence-corrected chi connectivity index (χ3v) is 3.34. The summed E-state index contributed by atoms with van der Waals surface area (Å²) in [6, 6.07) is 5.47. The average molecular weight is 261 g/mol. The lowest BCUT2D eigenvalue weighted by Crippen LogP contribution is -2.20. The fraction of sp³-hybridized carbons (Fsp3) is 0.467. The van der Waals surface area contributed by atoms with Crippen molar-refractivity contribution in [3.05, 3.63) is 29.3 Å². The van der Waals surface area contributed by atoms with Crippen LogP contribution in [0.3, 0.4) is 0 Å². The fourth-order valence-corrected chi connectivity index (χ4v) is 2.45. The number of benzene rings is 1. The Bertz CT molecular complexity index is 490. The van der Waals surface area contributed by atoms with Gasteiger partial charge in [0.15, 0.2) is 5.78 Å². The van der Waals surface area contributed by atoms with Crippen molar-refractivity contribution in [3.63, 3.8) is 0 Å². The molecule has 0 saturated carbocycles. The predicted octanol–water partition coefficient (Wildman–Crippen LogP) is 2.71. The molecule has 1 atom stereocenters. The summed E-state index contributed by atoms with van der Waals surface area (Å²) < 4.78 is 5.43. The molecule has 1 heterocycles. The summed E-state index contributed by atoms with van der Waals surface area (Å²) in [6.07, 6.45) is 2.32. The molecule has 1 aliphatic heterocycles. The molecule has 0 spiro atoms. The van der Waals surface area contributed by atoms with Gasteiger partial charge in [0.1, 0.15) is 0 Å². The second kappa shape index (κ2) is 5.97. The molecule has 1 N–H and O–H groups in total. The van der Waals surface area contributed by atoms with Crippen LogP contribution in [-0.2, 0) is 9.53 Å². The smallest absolute Gasteiger partial charge is 0.227 e. The summed E-state index contributed by atoms with van der Waals surface area (Å²) in [5, 5.41) is 2.82. The van der Waals surface area contributed by atoms with Crippen LogP contribution in [-0.4, -0.2) is 24.4 Å². The molecule has 4 heteroatoms. The van der Waals surface area contributed by atoms with Crippen LogP contribution < -0.4 is 5.32 Å². The van der Waals surface area contributed by atoms with E-state index in [1.807, 2.05) is 19.1 Å². The van der Waals surface area contributed by atoms with Gasteiger partial charge >= 0.3 is 0 Å². The normalized spacial score (nSPS) is 18.3. The van der Waals surface area contributed by atoms with Crippen LogP contribution in [0.25, 0.3) is 0 Å². The highest BCUT2D eigenvalue weighted by atomic mass is 16.5. The Hall–Kier alpha value is -1.68. The topological polar surface area (TPSA) is 55.4 Å². The van der Waals surface area contributed by atoms with Crippen molar-refractivity contribution < 1.29 is 14.3 Å². The van der Waals surface area contributed by atoms with E-state index in [2.05, 4.69) is 5.32 Å². The lowest BCUT2D eigenvalue weighted by molar-refractivity contribution is -0.118. The molecule has 0 aliphatic carbocycles. The summed E-state index contributed by atoms with van der Waals surface area (Å²) in [6.45, 7) is 4.12. The molecule has 19 heavy (non-hydrogen) atoms. The Morgan fingerprint density at radius 1 is 1.42 bits per heavy atom. The molecule has 4 nitrogen and oxygen atoms in total. The first-order valence-electron chi connectivity index (χ1n) is 6.60. The molecule has 0 unspecified atom stereocenters. The van der Waals surface area contributed by atoms with Gasteiger partial charge in [-0.2, -0.15) is 0 Å². The van der Waals surface area contributed by atoms with Gasteiger partial charge in [-0.3, -0.25) is 9.59 Å². The summed E-state index contributed by atoms with van der Waals surface area (Å²) in [7, 11) is 0. The third kappa shape index (κ3) is 3.41. The molecule has 102 valence electrons. The lowest BCUT2D eigenvalue weighted by Gasteiger charge is -2.13. The molecular formula is C15H19NO3. The van der Waals surface area contributed by atoms with Crippen molar-refractivity contribution in [2.45, 2.75) is 39.2 Å². The van der Waals surface area contributed by atoms with Gasteiger partial charge in [-0.25, -0.2) is 0 Å². The molecular weight excluding hydrogens is 242 g/mol. The number of nitrogens with one attached hydrogen (secondary N) is 1. The van der Waals surface area contributed by atoms with Crippen molar-refractivity contribution in [2.24, 2.45) is 0 Å². The van der Waals surface area contributed by atoms with E-state index in [1.54, 1.807) is 6.07 Å².